The second kappa shape index (κ2) is 9.49. The van der Waals surface area contributed by atoms with Gasteiger partial charge in [0.05, 0.1) is 19.4 Å². The number of aromatic nitrogens is 1. The zero-order valence-corrected chi connectivity index (χ0v) is 16.0. The maximum Gasteiger partial charge on any atom is 0.138 e. The molecule has 1 saturated heterocycles. The van der Waals surface area contributed by atoms with Crippen LogP contribution in [-0.4, -0.2) is 30.8 Å². The van der Waals surface area contributed by atoms with Crippen molar-refractivity contribution in [2.75, 3.05) is 19.8 Å². The van der Waals surface area contributed by atoms with Crippen molar-refractivity contribution in [2.45, 2.75) is 25.5 Å². The van der Waals surface area contributed by atoms with Crippen molar-refractivity contribution >= 4 is 0 Å². The Kier molecular flexibility index (Phi) is 6.32. The zero-order chi connectivity index (χ0) is 19.0. The molecule has 4 heteroatoms. The van der Waals surface area contributed by atoms with E-state index in [4.69, 9.17) is 9.47 Å². The first-order valence-corrected chi connectivity index (χ1v) is 9.89. The van der Waals surface area contributed by atoms with Crippen LogP contribution < -0.4 is 10.1 Å². The van der Waals surface area contributed by atoms with E-state index in [1.165, 1.54) is 17.5 Å². The van der Waals surface area contributed by atoms with Gasteiger partial charge in [0.15, 0.2) is 0 Å². The van der Waals surface area contributed by atoms with Crippen molar-refractivity contribution in [3.05, 3.63) is 84.2 Å². The number of nitrogens with zero attached hydrogens (tertiary/aromatic N) is 1. The molecule has 0 bridgehead atoms. The smallest absolute Gasteiger partial charge is 0.138 e. The molecule has 0 saturated carbocycles. The van der Waals surface area contributed by atoms with Crippen LogP contribution in [0.3, 0.4) is 0 Å². The Morgan fingerprint density at radius 1 is 0.929 bits per heavy atom. The Morgan fingerprint density at radius 3 is 2.61 bits per heavy atom. The van der Waals surface area contributed by atoms with E-state index in [0.29, 0.717) is 25.9 Å². The molecule has 1 fully saturated rings. The molecule has 4 nitrogen and oxygen atoms in total. The third-order valence-corrected chi connectivity index (χ3v) is 5.00. The monoisotopic (exact) mass is 374 g/mol. The summed E-state index contributed by atoms with van der Waals surface area (Å²) in [6.45, 7) is 3.14. The molecular weight excluding hydrogens is 348 g/mol. The summed E-state index contributed by atoms with van der Waals surface area (Å²) in [4.78, 5) is 4.35. The molecule has 4 rings (SSSR count). The van der Waals surface area contributed by atoms with Crippen molar-refractivity contribution in [1.82, 2.24) is 10.3 Å². The largest absolute Gasteiger partial charge is 0.490 e. The molecule has 1 N–H and O–H groups in total. The van der Waals surface area contributed by atoms with E-state index in [0.717, 1.165) is 29.8 Å². The molecule has 0 unspecified atom stereocenters. The lowest BCUT2D eigenvalue weighted by Gasteiger charge is -2.27. The highest BCUT2D eigenvalue weighted by Gasteiger charge is 2.16. The Morgan fingerprint density at radius 2 is 1.79 bits per heavy atom. The minimum Gasteiger partial charge on any atom is -0.490 e. The van der Waals surface area contributed by atoms with E-state index in [2.05, 4.69) is 52.8 Å². The molecule has 28 heavy (non-hydrogen) atoms. The van der Waals surface area contributed by atoms with E-state index in [1.807, 2.05) is 24.4 Å². The Balaban J connectivity index is 1.32. The second-order valence-corrected chi connectivity index (χ2v) is 7.15. The third kappa shape index (κ3) is 5.18. The molecule has 1 aromatic heterocycles. The standard InChI is InChI=1S/C24H26N2O2/c1-2-5-20(6-3-1)17-27-12-10-19-7-4-8-21(13-19)22-14-24(16-25-15-22)28-18-23-9-11-26-23/h1-8,13-16,23,26H,9-12,17-18H2/t23-/m0/s1. The first-order valence-electron chi connectivity index (χ1n) is 9.89. The van der Waals surface area contributed by atoms with Gasteiger partial charge < -0.3 is 14.8 Å². The van der Waals surface area contributed by atoms with Gasteiger partial charge in [-0.25, -0.2) is 0 Å². The molecule has 144 valence electrons. The molecule has 1 aliphatic rings. The summed E-state index contributed by atoms with van der Waals surface area (Å²) < 4.78 is 11.7. The predicted molar refractivity (Wildman–Crippen MR) is 111 cm³/mol. The first kappa shape index (κ1) is 18.7. The average molecular weight is 374 g/mol. The molecular formula is C24H26N2O2. The number of benzene rings is 2. The average Bonchev–Trinajstić information content (AvgIpc) is 2.71. The Labute approximate surface area is 166 Å². The maximum atomic E-state index is 5.88. The van der Waals surface area contributed by atoms with Crippen LogP contribution in [0.5, 0.6) is 5.75 Å². The summed E-state index contributed by atoms with van der Waals surface area (Å²) >= 11 is 0. The number of nitrogens with one attached hydrogen (secondary N) is 1. The third-order valence-electron chi connectivity index (χ3n) is 5.00. The Hall–Kier alpha value is -2.69. The van der Waals surface area contributed by atoms with E-state index >= 15 is 0 Å². The van der Waals surface area contributed by atoms with Gasteiger partial charge in [-0.1, -0.05) is 54.6 Å². The minimum atomic E-state index is 0.475. The lowest BCUT2D eigenvalue weighted by Crippen LogP contribution is -2.46. The van der Waals surface area contributed by atoms with Crippen LogP contribution in [0.1, 0.15) is 17.5 Å². The number of ether oxygens (including phenoxy) is 2. The Bertz CT molecular complexity index is 879. The van der Waals surface area contributed by atoms with Gasteiger partial charge in [-0.05, 0) is 42.1 Å². The van der Waals surface area contributed by atoms with Crippen LogP contribution in [-0.2, 0) is 17.8 Å². The lowest BCUT2D eigenvalue weighted by molar-refractivity contribution is 0.124. The van der Waals surface area contributed by atoms with E-state index < -0.39 is 0 Å². The van der Waals surface area contributed by atoms with Gasteiger partial charge in [0.2, 0.25) is 0 Å². The highest BCUT2D eigenvalue weighted by molar-refractivity contribution is 5.64. The summed E-state index contributed by atoms with van der Waals surface area (Å²) in [5.41, 5.74) is 4.69. The summed E-state index contributed by atoms with van der Waals surface area (Å²) in [7, 11) is 0. The van der Waals surface area contributed by atoms with Crippen LogP contribution in [0, 0.1) is 0 Å². The molecule has 0 radical (unpaired) electrons. The first-order chi connectivity index (χ1) is 13.9. The van der Waals surface area contributed by atoms with E-state index in [9.17, 15) is 0 Å². The highest BCUT2D eigenvalue weighted by atomic mass is 16.5. The maximum absolute atomic E-state index is 5.88. The van der Waals surface area contributed by atoms with Gasteiger partial charge in [-0.15, -0.1) is 0 Å². The van der Waals surface area contributed by atoms with Crippen molar-refractivity contribution in [3.8, 4) is 16.9 Å². The number of hydrogen-bond donors (Lipinski definition) is 1. The summed E-state index contributed by atoms with van der Waals surface area (Å²) in [6, 6.07) is 21.4. The molecule has 0 spiro atoms. The molecule has 3 aromatic rings. The van der Waals surface area contributed by atoms with Gasteiger partial charge in [-0.2, -0.15) is 0 Å². The summed E-state index contributed by atoms with van der Waals surface area (Å²) in [5.74, 6) is 0.822. The normalized spacial score (nSPS) is 15.8. The predicted octanol–water partition coefficient (Wildman–Crippen LogP) is 4.25. The number of hydrogen-bond acceptors (Lipinski definition) is 4. The van der Waals surface area contributed by atoms with Gasteiger partial charge in [0, 0.05) is 17.8 Å². The number of rotatable bonds is 9. The van der Waals surface area contributed by atoms with Gasteiger partial charge in [0.25, 0.3) is 0 Å². The fourth-order valence-electron chi connectivity index (χ4n) is 3.20. The topological polar surface area (TPSA) is 43.4 Å². The lowest BCUT2D eigenvalue weighted by atomic mass is 10.0. The van der Waals surface area contributed by atoms with Gasteiger partial charge >= 0.3 is 0 Å². The molecule has 2 heterocycles. The summed E-state index contributed by atoms with van der Waals surface area (Å²) in [5, 5.41) is 3.35. The van der Waals surface area contributed by atoms with Crippen molar-refractivity contribution in [2.24, 2.45) is 0 Å². The molecule has 0 aliphatic carbocycles. The fourth-order valence-corrected chi connectivity index (χ4v) is 3.20. The van der Waals surface area contributed by atoms with Crippen molar-refractivity contribution in [1.29, 1.82) is 0 Å². The van der Waals surface area contributed by atoms with Crippen LogP contribution in [0.4, 0.5) is 0 Å². The molecule has 1 aliphatic heterocycles. The van der Waals surface area contributed by atoms with E-state index in [-0.39, 0.29) is 0 Å². The zero-order valence-electron chi connectivity index (χ0n) is 16.0. The van der Waals surface area contributed by atoms with E-state index in [1.54, 1.807) is 6.20 Å². The van der Waals surface area contributed by atoms with Crippen LogP contribution in [0.15, 0.2) is 73.1 Å². The SMILES string of the molecule is c1ccc(COCCc2cccc(-c3cncc(OC[C@@H]4CCN4)c3)c2)cc1. The second-order valence-electron chi connectivity index (χ2n) is 7.15. The highest BCUT2D eigenvalue weighted by Crippen LogP contribution is 2.24. The minimum absolute atomic E-state index is 0.475. The van der Waals surface area contributed by atoms with Gasteiger partial charge in [-0.3, -0.25) is 4.98 Å². The van der Waals surface area contributed by atoms with Crippen LogP contribution in [0.2, 0.25) is 0 Å². The molecule has 2 aromatic carbocycles. The molecule has 1 atom stereocenters. The summed E-state index contributed by atoms with van der Waals surface area (Å²) in [6.07, 6.45) is 5.74. The fraction of sp³-hybridized carbons (Fsp3) is 0.292. The quantitative estimate of drug-likeness (QED) is 0.569. The van der Waals surface area contributed by atoms with Crippen LogP contribution >= 0.6 is 0 Å². The van der Waals surface area contributed by atoms with Crippen molar-refractivity contribution in [3.63, 3.8) is 0 Å². The van der Waals surface area contributed by atoms with Crippen molar-refractivity contribution < 1.29 is 9.47 Å². The molecule has 0 amide bonds. The van der Waals surface area contributed by atoms with Crippen LogP contribution in [0.25, 0.3) is 11.1 Å². The number of pyridine rings is 1. The van der Waals surface area contributed by atoms with Gasteiger partial charge in [0.1, 0.15) is 12.4 Å².